The standard InChI is InChI=1S/C22H25ClN4O4S/c1-32(30,31)24-19-14-17(6-7-18(19)23)22(29)26-12-10-25(11-13-26)15-21(28)27-9-8-16-4-2-3-5-20(16)27/h2-7,14,24H,8-13,15H2,1H3. The van der Waals surface area contributed by atoms with Crippen LogP contribution in [0.1, 0.15) is 15.9 Å². The molecule has 0 saturated carbocycles. The number of nitrogens with zero attached hydrogens (tertiary/aromatic N) is 3. The van der Waals surface area contributed by atoms with Gasteiger partial charge in [-0.15, -0.1) is 0 Å². The van der Waals surface area contributed by atoms with Crippen LogP contribution >= 0.6 is 11.6 Å². The van der Waals surface area contributed by atoms with E-state index in [2.05, 4.69) is 15.7 Å². The van der Waals surface area contributed by atoms with Crippen LogP contribution in [0.15, 0.2) is 42.5 Å². The molecule has 1 N–H and O–H groups in total. The lowest BCUT2D eigenvalue weighted by molar-refractivity contribution is -0.120. The summed E-state index contributed by atoms with van der Waals surface area (Å²) in [5, 5.41) is 0.221. The van der Waals surface area contributed by atoms with Gasteiger partial charge in [0.1, 0.15) is 0 Å². The molecule has 4 rings (SSSR count). The average molecular weight is 477 g/mol. The van der Waals surface area contributed by atoms with Gasteiger partial charge in [0.2, 0.25) is 15.9 Å². The van der Waals surface area contributed by atoms with Gasteiger partial charge in [0.25, 0.3) is 5.91 Å². The van der Waals surface area contributed by atoms with Crippen molar-refractivity contribution in [2.24, 2.45) is 0 Å². The molecule has 2 aliphatic heterocycles. The molecule has 10 heteroatoms. The van der Waals surface area contributed by atoms with Gasteiger partial charge in [0.05, 0.1) is 23.5 Å². The molecule has 0 radical (unpaired) electrons. The van der Waals surface area contributed by atoms with Crippen LogP contribution in [0.25, 0.3) is 0 Å². The number of benzene rings is 2. The van der Waals surface area contributed by atoms with Crippen molar-refractivity contribution < 1.29 is 18.0 Å². The summed E-state index contributed by atoms with van der Waals surface area (Å²) in [6, 6.07) is 12.5. The Morgan fingerprint density at radius 1 is 1.03 bits per heavy atom. The summed E-state index contributed by atoms with van der Waals surface area (Å²) >= 11 is 6.05. The third kappa shape index (κ3) is 5.06. The van der Waals surface area contributed by atoms with Crippen molar-refractivity contribution in [1.29, 1.82) is 0 Å². The van der Waals surface area contributed by atoms with E-state index in [1.807, 2.05) is 23.1 Å². The number of carbonyl (C=O) groups is 2. The first-order valence-electron chi connectivity index (χ1n) is 10.4. The fourth-order valence-corrected chi connectivity index (χ4v) is 4.89. The van der Waals surface area contributed by atoms with E-state index in [4.69, 9.17) is 11.6 Å². The fraction of sp³-hybridized carbons (Fsp3) is 0.364. The summed E-state index contributed by atoms with van der Waals surface area (Å²) in [5.41, 5.74) is 2.73. The summed E-state index contributed by atoms with van der Waals surface area (Å²) in [7, 11) is -3.51. The predicted molar refractivity (Wildman–Crippen MR) is 125 cm³/mol. The Morgan fingerprint density at radius 2 is 1.75 bits per heavy atom. The van der Waals surface area contributed by atoms with E-state index in [-0.39, 0.29) is 22.5 Å². The summed E-state index contributed by atoms with van der Waals surface area (Å²) in [6.45, 7) is 3.18. The number of amides is 2. The Balaban J connectivity index is 1.34. The minimum absolute atomic E-state index is 0.0731. The lowest BCUT2D eigenvalue weighted by Gasteiger charge is -2.35. The molecular weight excluding hydrogens is 452 g/mol. The zero-order valence-corrected chi connectivity index (χ0v) is 19.3. The van der Waals surface area contributed by atoms with E-state index in [9.17, 15) is 18.0 Å². The van der Waals surface area contributed by atoms with Gasteiger partial charge in [-0.05, 0) is 36.2 Å². The average Bonchev–Trinajstić information content (AvgIpc) is 3.19. The second-order valence-electron chi connectivity index (χ2n) is 8.06. The number of fused-ring (bicyclic) bond motifs is 1. The molecule has 1 fully saturated rings. The molecular formula is C22H25ClN4O4S. The first kappa shape index (κ1) is 22.6. The minimum atomic E-state index is -3.51. The van der Waals surface area contributed by atoms with Gasteiger partial charge in [-0.3, -0.25) is 19.2 Å². The largest absolute Gasteiger partial charge is 0.336 e. The molecule has 32 heavy (non-hydrogen) atoms. The molecule has 0 unspecified atom stereocenters. The summed E-state index contributed by atoms with van der Waals surface area (Å²) in [6.07, 6.45) is 1.90. The Kier molecular flexibility index (Phi) is 6.41. The highest BCUT2D eigenvalue weighted by Gasteiger charge is 2.28. The molecule has 0 atom stereocenters. The van der Waals surface area contributed by atoms with Crippen LogP contribution < -0.4 is 9.62 Å². The first-order valence-corrected chi connectivity index (χ1v) is 12.7. The number of rotatable bonds is 5. The van der Waals surface area contributed by atoms with Crippen LogP contribution in [0.3, 0.4) is 0 Å². The van der Waals surface area contributed by atoms with E-state index in [1.165, 1.54) is 17.7 Å². The van der Waals surface area contributed by atoms with Crippen LogP contribution in [0, 0.1) is 0 Å². The van der Waals surface area contributed by atoms with Crippen molar-refractivity contribution in [1.82, 2.24) is 9.80 Å². The highest BCUT2D eigenvalue weighted by Crippen LogP contribution is 2.28. The van der Waals surface area contributed by atoms with Crippen LogP contribution in [0.5, 0.6) is 0 Å². The van der Waals surface area contributed by atoms with Crippen molar-refractivity contribution in [2.75, 3.05) is 55.1 Å². The van der Waals surface area contributed by atoms with Crippen molar-refractivity contribution in [3.05, 3.63) is 58.6 Å². The number of hydrogen-bond donors (Lipinski definition) is 1. The quantitative estimate of drug-likeness (QED) is 0.713. The number of carbonyl (C=O) groups excluding carboxylic acids is 2. The van der Waals surface area contributed by atoms with Crippen LogP contribution in [0.4, 0.5) is 11.4 Å². The van der Waals surface area contributed by atoms with Crippen molar-refractivity contribution in [3.63, 3.8) is 0 Å². The van der Waals surface area contributed by atoms with E-state index in [0.29, 0.717) is 44.8 Å². The molecule has 2 amide bonds. The maximum Gasteiger partial charge on any atom is 0.254 e. The number of anilines is 2. The van der Waals surface area contributed by atoms with Crippen LogP contribution in [-0.2, 0) is 21.2 Å². The third-order valence-corrected chi connectivity index (χ3v) is 6.64. The van der Waals surface area contributed by atoms with E-state index >= 15 is 0 Å². The van der Waals surface area contributed by atoms with Gasteiger partial charge in [0, 0.05) is 44.0 Å². The number of halogens is 1. The molecule has 2 aliphatic rings. The maximum absolute atomic E-state index is 12.9. The van der Waals surface area contributed by atoms with E-state index in [1.54, 1.807) is 11.0 Å². The summed E-state index contributed by atoms with van der Waals surface area (Å²) in [5.74, 6) is -0.124. The molecule has 0 aromatic heterocycles. The maximum atomic E-state index is 12.9. The zero-order valence-electron chi connectivity index (χ0n) is 17.8. The van der Waals surface area contributed by atoms with Crippen LogP contribution in [-0.4, -0.2) is 75.6 Å². The van der Waals surface area contributed by atoms with Crippen molar-refractivity contribution in [2.45, 2.75) is 6.42 Å². The Hall–Kier alpha value is -2.62. The zero-order chi connectivity index (χ0) is 22.9. The molecule has 8 nitrogen and oxygen atoms in total. The molecule has 170 valence electrons. The molecule has 2 heterocycles. The predicted octanol–water partition coefficient (Wildman–Crippen LogP) is 2.06. The Bertz CT molecular complexity index is 1150. The SMILES string of the molecule is CS(=O)(=O)Nc1cc(C(=O)N2CCN(CC(=O)N3CCc4ccccc43)CC2)ccc1Cl. The topological polar surface area (TPSA) is 90.0 Å². The Morgan fingerprint density at radius 3 is 2.47 bits per heavy atom. The van der Waals surface area contributed by atoms with Gasteiger partial charge >= 0.3 is 0 Å². The number of sulfonamides is 1. The van der Waals surface area contributed by atoms with Gasteiger partial charge in [-0.1, -0.05) is 29.8 Å². The second-order valence-corrected chi connectivity index (χ2v) is 10.2. The molecule has 0 bridgehead atoms. The lowest BCUT2D eigenvalue weighted by atomic mass is 10.1. The van der Waals surface area contributed by atoms with Crippen molar-refractivity contribution in [3.8, 4) is 0 Å². The lowest BCUT2D eigenvalue weighted by Crippen LogP contribution is -2.51. The third-order valence-electron chi connectivity index (χ3n) is 5.72. The van der Waals surface area contributed by atoms with Crippen molar-refractivity contribution >= 4 is 44.8 Å². The normalized spacial score (nSPS) is 16.7. The van der Waals surface area contributed by atoms with E-state index < -0.39 is 10.0 Å². The molecule has 2 aromatic rings. The van der Waals surface area contributed by atoms with Gasteiger partial charge < -0.3 is 9.80 Å². The molecule has 0 spiro atoms. The smallest absolute Gasteiger partial charge is 0.254 e. The van der Waals surface area contributed by atoms with E-state index in [0.717, 1.165) is 18.4 Å². The minimum Gasteiger partial charge on any atom is -0.336 e. The number of para-hydroxylation sites is 1. The van der Waals surface area contributed by atoms with Gasteiger partial charge in [-0.25, -0.2) is 8.42 Å². The first-order chi connectivity index (χ1) is 15.2. The molecule has 2 aromatic carbocycles. The van der Waals surface area contributed by atoms with Gasteiger partial charge in [0.15, 0.2) is 0 Å². The molecule has 1 saturated heterocycles. The highest BCUT2D eigenvalue weighted by atomic mass is 35.5. The number of hydrogen-bond acceptors (Lipinski definition) is 5. The van der Waals surface area contributed by atoms with Crippen LogP contribution in [0.2, 0.25) is 5.02 Å². The number of piperazine rings is 1. The summed E-state index contributed by atoms with van der Waals surface area (Å²) < 4.78 is 25.4. The Labute approximate surface area is 192 Å². The van der Waals surface area contributed by atoms with Gasteiger partial charge in [-0.2, -0.15) is 0 Å². The summed E-state index contributed by atoms with van der Waals surface area (Å²) in [4.78, 5) is 31.4. The molecule has 0 aliphatic carbocycles. The second kappa shape index (κ2) is 9.09. The highest BCUT2D eigenvalue weighted by molar-refractivity contribution is 7.92. The fourth-order valence-electron chi connectivity index (χ4n) is 4.10. The monoisotopic (exact) mass is 476 g/mol. The number of nitrogens with one attached hydrogen (secondary N) is 1.